The summed E-state index contributed by atoms with van der Waals surface area (Å²) in [6.07, 6.45) is 1.42. The molecule has 0 saturated carbocycles. The first-order valence-corrected chi connectivity index (χ1v) is 5.52. The van der Waals surface area contributed by atoms with Crippen LogP contribution in [0.2, 0.25) is 0 Å². The highest BCUT2D eigenvalue weighted by Gasteiger charge is 2.21. The number of hydrogen-bond donors (Lipinski definition) is 2. The molecule has 1 rings (SSSR count). The Morgan fingerprint density at radius 1 is 1.06 bits per heavy atom. The standard InChI is InChI=1S/C13H18O3/c1-5-9-7(3)10(6-2)11(13(15)16)12(14)8(9)4/h14H,5-6H2,1-4H3,(H,15,16). The number of aromatic carboxylic acids is 1. The zero-order valence-corrected chi connectivity index (χ0v) is 10.2. The van der Waals surface area contributed by atoms with Crippen LogP contribution >= 0.6 is 0 Å². The zero-order valence-electron chi connectivity index (χ0n) is 10.2. The van der Waals surface area contributed by atoms with Gasteiger partial charge in [0.05, 0.1) is 0 Å². The molecule has 88 valence electrons. The molecule has 0 saturated heterocycles. The van der Waals surface area contributed by atoms with E-state index in [-0.39, 0.29) is 11.3 Å². The van der Waals surface area contributed by atoms with Crippen molar-refractivity contribution in [3.05, 3.63) is 27.8 Å². The summed E-state index contributed by atoms with van der Waals surface area (Å²) >= 11 is 0. The van der Waals surface area contributed by atoms with Crippen molar-refractivity contribution in [1.82, 2.24) is 0 Å². The average Bonchev–Trinajstić information content (AvgIpc) is 2.23. The van der Waals surface area contributed by atoms with Crippen LogP contribution in [0.15, 0.2) is 0 Å². The van der Waals surface area contributed by atoms with Crippen molar-refractivity contribution >= 4 is 5.97 Å². The zero-order chi connectivity index (χ0) is 12.5. The second-order valence-electron chi connectivity index (χ2n) is 3.94. The maximum Gasteiger partial charge on any atom is 0.339 e. The van der Waals surface area contributed by atoms with Gasteiger partial charge in [-0.15, -0.1) is 0 Å². The molecule has 0 bridgehead atoms. The Kier molecular flexibility index (Phi) is 3.58. The van der Waals surface area contributed by atoms with Crippen LogP contribution in [0, 0.1) is 13.8 Å². The maximum atomic E-state index is 11.1. The van der Waals surface area contributed by atoms with Crippen LogP contribution < -0.4 is 0 Å². The normalized spacial score (nSPS) is 10.5. The van der Waals surface area contributed by atoms with E-state index in [1.807, 2.05) is 20.8 Å². The molecule has 16 heavy (non-hydrogen) atoms. The molecule has 0 unspecified atom stereocenters. The lowest BCUT2D eigenvalue weighted by Gasteiger charge is -2.17. The molecule has 3 heteroatoms. The minimum absolute atomic E-state index is 0.0645. The first-order valence-electron chi connectivity index (χ1n) is 5.52. The van der Waals surface area contributed by atoms with Gasteiger partial charge in [-0.2, -0.15) is 0 Å². The molecule has 0 fully saturated rings. The molecule has 1 aromatic carbocycles. The Balaban J connectivity index is 3.70. The van der Waals surface area contributed by atoms with Crippen LogP contribution in [-0.2, 0) is 12.8 Å². The van der Waals surface area contributed by atoms with Gasteiger partial charge in [-0.25, -0.2) is 4.79 Å². The fourth-order valence-corrected chi connectivity index (χ4v) is 2.33. The summed E-state index contributed by atoms with van der Waals surface area (Å²) in [5.74, 6) is -1.13. The quantitative estimate of drug-likeness (QED) is 0.826. The van der Waals surface area contributed by atoms with Crippen molar-refractivity contribution in [2.45, 2.75) is 40.5 Å². The lowest BCUT2D eigenvalue weighted by molar-refractivity contribution is 0.0692. The molecule has 0 radical (unpaired) electrons. The minimum atomic E-state index is -1.05. The summed E-state index contributed by atoms with van der Waals surface area (Å²) in [5.41, 5.74) is 3.55. The Bertz CT molecular complexity index is 434. The molecule has 2 N–H and O–H groups in total. The second-order valence-corrected chi connectivity index (χ2v) is 3.94. The van der Waals surface area contributed by atoms with Gasteiger partial charge in [-0.3, -0.25) is 0 Å². The van der Waals surface area contributed by atoms with E-state index in [9.17, 15) is 9.90 Å². The van der Waals surface area contributed by atoms with Gasteiger partial charge in [-0.1, -0.05) is 13.8 Å². The van der Waals surface area contributed by atoms with Gasteiger partial charge in [0.1, 0.15) is 11.3 Å². The second kappa shape index (κ2) is 4.56. The molecular formula is C13H18O3. The van der Waals surface area contributed by atoms with Gasteiger partial charge in [0.25, 0.3) is 0 Å². The molecule has 0 aromatic heterocycles. The fraction of sp³-hybridized carbons (Fsp3) is 0.462. The first-order chi connectivity index (χ1) is 7.45. The number of carboxylic acid groups (broad SMARTS) is 1. The largest absolute Gasteiger partial charge is 0.507 e. The molecular weight excluding hydrogens is 204 g/mol. The summed E-state index contributed by atoms with van der Waals surface area (Å²) in [4.78, 5) is 11.1. The van der Waals surface area contributed by atoms with Gasteiger partial charge in [-0.05, 0) is 48.9 Å². The number of carboxylic acids is 1. The van der Waals surface area contributed by atoms with E-state index in [0.29, 0.717) is 12.0 Å². The van der Waals surface area contributed by atoms with E-state index >= 15 is 0 Å². The van der Waals surface area contributed by atoms with E-state index in [4.69, 9.17) is 5.11 Å². The highest BCUT2D eigenvalue weighted by atomic mass is 16.4. The molecule has 0 aliphatic carbocycles. The molecule has 3 nitrogen and oxygen atoms in total. The van der Waals surface area contributed by atoms with Gasteiger partial charge >= 0.3 is 5.97 Å². The third-order valence-electron chi connectivity index (χ3n) is 3.17. The SMILES string of the molecule is CCc1c(C)c(O)c(C(=O)O)c(CC)c1C. The number of aromatic hydroxyl groups is 1. The number of hydrogen-bond acceptors (Lipinski definition) is 2. The van der Waals surface area contributed by atoms with Crippen molar-refractivity contribution in [3.8, 4) is 5.75 Å². The van der Waals surface area contributed by atoms with Crippen LogP contribution in [0.5, 0.6) is 5.75 Å². The Hall–Kier alpha value is -1.51. The monoisotopic (exact) mass is 222 g/mol. The highest BCUT2D eigenvalue weighted by molar-refractivity contribution is 5.94. The van der Waals surface area contributed by atoms with Crippen molar-refractivity contribution in [3.63, 3.8) is 0 Å². The fourth-order valence-electron chi connectivity index (χ4n) is 2.33. The lowest BCUT2D eigenvalue weighted by Crippen LogP contribution is -2.08. The Labute approximate surface area is 95.7 Å². The molecule has 0 atom stereocenters. The van der Waals surface area contributed by atoms with Crippen LogP contribution in [-0.4, -0.2) is 16.2 Å². The van der Waals surface area contributed by atoms with Crippen molar-refractivity contribution in [2.24, 2.45) is 0 Å². The summed E-state index contributed by atoms with van der Waals surface area (Å²) in [6.45, 7) is 7.61. The van der Waals surface area contributed by atoms with Crippen LogP contribution in [0.3, 0.4) is 0 Å². The summed E-state index contributed by atoms with van der Waals surface area (Å²) in [5, 5.41) is 19.1. The smallest absolute Gasteiger partial charge is 0.339 e. The number of rotatable bonds is 3. The number of carbonyl (C=O) groups is 1. The van der Waals surface area contributed by atoms with Crippen molar-refractivity contribution in [1.29, 1.82) is 0 Å². The number of phenols is 1. The number of benzene rings is 1. The molecule has 0 heterocycles. The van der Waals surface area contributed by atoms with E-state index in [1.54, 1.807) is 6.92 Å². The van der Waals surface area contributed by atoms with Crippen LogP contribution in [0.4, 0.5) is 0 Å². The van der Waals surface area contributed by atoms with Crippen LogP contribution in [0.1, 0.15) is 46.5 Å². The van der Waals surface area contributed by atoms with Gasteiger partial charge in [0, 0.05) is 0 Å². The van der Waals surface area contributed by atoms with E-state index in [2.05, 4.69) is 0 Å². The predicted octanol–water partition coefficient (Wildman–Crippen LogP) is 2.83. The highest BCUT2D eigenvalue weighted by Crippen LogP contribution is 2.33. The topological polar surface area (TPSA) is 57.5 Å². The van der Waals surface area contributed by atoms with Gasteiger partial charge in [0.15, 0.2) is 0 Å². The summed E-state index contributed by atoms with van der Waals surface area (Å²) in [6, 6.07) is 0. The molecule has 0 aliphatic heterocycles. The van der Waals surface area contributed by atoms with Gasteiger partial charge in [0.2, 0.25) is 0 Å². The van der Waals surface area contributed by atoms with E-state index < -0.39 is 5.97 Å². The van der Waals surface area contributed by atoms with Gasteiger partial charge < -0.3 is 10.2 Å². The van der Waals surface area contributed by atoms with Crippen molar-refractivity contribution in [2.75, 3.05) is 0 Å². The van der Waals surface area contributed by atoms with E-state index in [1.165, 1.54) is 0 Å². The summed E-state index contributed by atoms with van der Waals surface area (Å²) in [7, 11) is 0. The van der Waals surface area contributed by atoms with Crippen molar-refractivity contribution < 1.29 is 15.0 Å². The van der Waals surface area contributed by atoms with E-state index in [0.717, 1.165) is 23.1 Å². The Morgan fingerprint density at radius 2 is 1.56 bits per heavy atom. The minimum Gasteiger partial charge on any atom is -0.507 e. The predicted molar refractivity (Wildman–Crippen MR) is 63.3 cm³/mol. The summed E-state index contributed by atoms with van der Waals surface area (Å²) < 4.78 is 0. The van der Waals surface area contributed by atoms with Crippen LogP contribution in [0.25, 0.3) is 0 Å². The average molecular weight is 222 g/mol. The molecule has 0 aliphatic rings. The third kappa shape index (κ3) is 1.77. The maximum absolute atomic E-state index is 11.1. The molecule has 1 aromatic rings. The molecule has 0 amide bonds. The first kappa shape index (κ1) is 12.6. The lowest BCUT2D eigenvalue weighted by atomic mass is 9.89. The Morgan fingerprint density at radius 3 is 1.94 bits per heavy atom. The molecule has 0 spiro atoms. The third-order valence-corrected chi connectivity index (χ3v) is 3.17.